The predicted molar refractivity (Wildman–Crippen MR) is 55.2 cm³/mol. The van der Waals surface area contributed by atoms with Gasteiger partial charge in [-0.15, -0.1) is 0 Å². The Morgan fingerprint density at radius 3 is 2.41 bits per heavy atom. The molecular formula is C10H9F4N3. The Morgan fingerprint density at radius 1 is 1.18 bits per heavy atom. The van der Waals surface area contributed by atoms with E-state index in [0.29, 0.717) is 5.69 Å². The summed E-state index contributed by atoms with van der Waals surface area (Å²) in [6, 6.07) is 3.87. The Bertz CT molecular complexity index is 455. The Morgan fingerprint density at radius 2 is 1.88 bits per heavy atom. The van der Waals surface area contributed by atoms with Crippen molar-refractivity contribution in [3.63, 3.8) is 0 Å². The van der Waals surface area contributed by atoms with Crippen LogP contribution in [0.3, 0.4) is 0 Å². The molecule has 17 heavy (non-hydrogen) atoms. The van der Waals surface area contributed by atoms with Gasteiger partial charge in [0.25, 0.3) is 0 Å². The van der Waals surface area contributed by atoms with Crippen LogP contribution in [-0.4, -0.2) is 17.9 Å². The first-order valence-corrected chi connectivity index (χ1v) is 4.71. The smallest absolute Gasteiger partial charge is 0.396 e. The lowest BCUT2D eigenvalue weighted by Crippen LogP contribution is -2.36. The van der Waals surface area contributed by atoms with E-state index in [1.54, 1.807) is 0 Å². The van der Waals surface area contributed by atoms with Crippen molar-refractivity contribution in [2.45, 2.75) is 6.30 Å². The molecule has 0 atom stereocenters. The summed E-state index contributed by atoms with van der Waals surface area (Å²) < 4.78 is 50.2. The van der Waals surface area contributed by atoms with Crippen LogP contribution in [0.1, 0.15) is 0 Å². The van der Waals surface area contributed by atoms with Gasteiger partial charge in [-0.3, -0.25) is 4.90 Å². The molecule has 0 fully saturated rings. The fraction of sp³-hybridized carbons (Fsp3) is 0.200. The molecule has 0 aromatic heterocycles. The number of hydrogen-bond donors (Lipinski definition) is 1. The topological polar surface area (TPSA) is 32.5 Å². The lowest BCUT2D eigenvalue weighted by atomic mass is 10.2. The minimum absolute atomic E-state index is 0.0374. The van der Waals surface area contributed by atoms with Crippen molar-refractivity contribution in [1.82, 2.24) is 4.90 Å². The van der Waals surface area contributed by atoms with Gasteiger partial charge < -0.3 is 10.6 Å². The Kier molecular flexibility index (Phi) is 2.60. The van der Waals surface area contributed by atoms with E-state index < -0.39 is 18.8 Å². The quantitative estimate of drug-likeness (QED) is 0.470. The molecule has 0 radical (unpaired) electrons. The van der Waals surface area contributed by atoms with Crippen LogP contribution in [0, 0.1) is 5.82 Å². The van der Waals surface area contributed by atoms with Gasteiger partial charge in [0.05, 0.1) is 5.69 Å². The minimum atomic E-state index is -4.43. The summed E-state index contributed by atoms with van der Waals surface area (Å²) in [6.07, 6.45) is -2.30. The Labute approximate surface area is 94.7 Å². The fourth-order valence-electron chi connectivity index (χ4n) is 1.45. The van der Waals surface area contributed by atoms with E-state index in [1.165, 1.54) is 23.2 Å². The normalized spacial score (nSPS) is 15.8. The molecule has 1 aromatic carbocycles. The summed E-state index contributed by atoms with van der Waals surface area (Å²) in [7, 11) is 0. The number of alkyl halides is 3. The molecule has 0 amide bonds. The van der Waals surface area contributed by atoms with E-state index in [0.717, 1.165) is 12.3 Å². The molecule has 1 aliphatic rings. The molecule has 0 bridgehead atoms. The van der Waals surface area contributed by atoms with Crippen molar-refractivity contribution >= 4 is 11.4 Å². The van der Waals surface area contributed by atoms with Gasteiger partial charge in [-0.2, -0.15) is 13.2 Å². The number of rotatable bonds is 1. The molecule has 2 N–H and O–H groups in total. The molecule has 92 valence electrons. The summed E-state index contributed by atoms with van der Waals surface area (Å²) in [5.74, 6) is -0.652. The molecule has 1 heterocycles. The van der Waals surface area contributed by atoms with Crippen LogP contribution in [0.2, 0.25) is 0 Å². The van der Waals surface area contributed by atoms with E-state index in [9.17, 15) is 17.6 Å². The van der Waals surface area contributed by atoms with Crippen LogP contribution in [-0.2, 0) is 0 Å². The molecule has 0 unspecified atom stereocenters. The van der Waals surface area contributed by atoms with Crippen molar-refractivity contribution in [1.29, 1.82) is 0 Å². The van der Waals surface area contributed by atoms with Gasteiger partial charge in [-0.05, 0) is 18.2 Å². The van der Waals surface area contributed by atoms with E-state index >= 15 is 0 Å². The Hall–Kier alpha value is -1.92. The first-order valence-electron chi connectivity index (χ1n) is 4.71. The maximum absolute atomic E-state index is 13.2. The van der Waals surface area contributed by atoms with E-state index in [-0.39, 0.29) is 10.6 Å². The number of hydrogen-bond acceptors (Lipinski definition) is 3. The second-order valence-electron chi connectivity index (χ2n) is 3.55. The largest absolute Gasteiger partial charge is 0.485 e. The van der Waals surface area contributed by atoms with Crippen molar-refractivity contribution in [3.8, 4) is 0 Å². The van der Waals surface area contributed by atoms with Crippen LogP contribution < -0.4 is 10.6 Å². The summed E-state index contributed by atoms with van der Waals surface area (Å²) >= 11 is 0. The molecule has 0 saturated heterocycles. The highest BCUT2D eigenvalue weighted by Gasteiger charge is 2.38. The lowest BCUT2D eigenvalue weighted by Gasteiger charge is -2.23. The summed E-state index contributed by atoms with van der Waals surface area (Å²) in [5, 5.41) is 0. The number of nitrogen functional groups attached to an aromatic ring is 1. The van der Waals surface area contributed by atoms with Crippen molar-refractivity contribution in [2.24, 2.45) is 0 Å². The number of benzene rings is 1. The summed E-state index contributed by atoms with van der Waals surface area (Å²) in [4.78, 5) is 1.47. The van der Waals surface area contributed by atoms with Gasteiger partial charge >= 0.3 is 6.30 Å². The predicted octanol–water partition coefficient (Wildman–Crippen LogP) is 2.48. The minimum Gasteiger partial charge on any atom is -0.396 e. The van der Waals surface area contributed by atoms with Crippen LogP contribution in [0.5, 0.6) is 0 Å². The molecule has 7 heteroatoms. The van der Waals surface area contributed by atoms with Gasteiger partial charge in [0, 0.05) is 18.1 Å². The highest BCUT2D eigenvalue weighted by molar-refractivity contribution is 5.56. The molecule has 3 nitrogen and oxygen atoms in total. The third-order valence-corrected chi connectivity index (χ3v) is 2.37. The molecule has 0 saturated carbocycles. The molecule has 2 rings (SSSR count). The second-order valence-corrected chi connectivity index (χ2v) is 3.55. The number of nitrogens with two attached hydrogens (primary N) is 1. The van der Waals surface area contributed by atoms with Crippen LogP contribution >= 0.6 is 0 Å². The zero-order valence-corrected chi connectivity index (χ0v) is 8.58. The highest BCUT2D eigenvalue weighted by atomic mass is 19.4. The molecule has 1 aromatic rings. The second kappa shape index (κ2) is 3.83. The molecular weight excluding hydrogens is 238 g/mol. The molecule has 1 aliphatic heterocycles. The van der Waals surface area contributed by atoms with Gasteiger partial charge in [0.2, 0.25) is 0 Å². The first-order chi connectivity index (χ1) is 7.88. The third-order valence-electron chi connectivity index (χ3n) is 2.37. The average molecular weight is 247 g/mol. The SMILES string of the molecule is Nc1ccc(N2C=CN(C(F)(F)F)C2)cc1F. The van der Waals surface area contributed by atoms with Gasteiger partial charge in [-0.1, -0.05) is 0 Å². The van der Waals surface area contributed by atoms with Crippen LogP contribution in [0.25, 0.3) is 0 Å². The van der Waals surface area contributed by atoms with E-state index in [2.05, 4.69) is 0 Å². The zero-order valence-electron chi connectivity index (χ0n) is 8.58. The Balaban J connectivity index is 2.16. The highest BCUT2D eigenvalue weighted by Crippen LogP contribution is 2.29. The molecule has 0 aliphatic carbocycles. The lowest BCUT2D eigenvalue weighted by molar-refractivity contribution is -0.224. The van der Waals surface area contributed by atoms with Gasteiger partial charge in [-0.25, -0.2) is 4.39 Å². The number of anilines is 2. The number of halogens is 4. The maximum Gasteiger partial charge on any atom is 0.485 e. The van der Waals surface area contributed by atoms with E-state index in [4.69, 9.17) is 5.73 Å². The van der Waals surface area contributed by atoms with Crippen molar-refractivity contribution < 1.29 is 17.6 Å². The van der Waals surface area contributed by atoms with Crippen molar-refractivity contribution in [2.75, 3.05) is 17.3 Å². The van der Waals surface area contributed by atoms with Gasteiger partial charge in [0.1, 0.15) is 12.5 Å². The first kappa shape index (κ1) is 11.6. The zero-order chi connectivity index (χ0) is 12.6. The monoisotopic (exact) mass is 247 g/mol. The standard InChI is InChI=1S/C10H9F4N3/c11-8-5-7(1-2-9(8)15)16-3-4-17(6-16)10(12,13)14/h1-5H,6,15H2. The van der Waals surface area contributed by atoms with Crippen LogP contribution in [0.15, 0.2) is 30.6 Å². The van der Waals surface area contributed by atoms with E-state index in [1.807, 2.05) is 0 Å². The summed E-state index contributed by atoms with van der Waals surface area (Å²) in [5.41, 5.74) is 5.56. The third kappa shape index (κ3) is 2.27. The maximum atomic E-state index is 13.2. The van der Waals surface area contributed by atoms with Crippen molar-refractivity contribution in [3.05, 3.63) is 36.4 Å². The average Bonchev–Trinajstić information content (AvgIpc) is 2.70. The summed E-state index contributed by atoms with van der Waals surface area (Å²) in [6.45, 7) is -0.396. The number of nitrogens with zero attached hydrogens (tertiary/aromatic N) is 2. The molecule has 0 spiro atoms. The van der Waals surface area contributed by atoms with Crippen LogP contribution in [0.4, 0.5) is 28.9 Å². The fourth-order valence-corrected chi connectivity index (χ4v) is 1.45. The van der Waals surface area contributed by atoms with Gasteiger partial charge in [0.15, 0.2) is 0 Å².